The van der Waals surface area contributed by atoms with E-state index in [1.165, 1.54) is 16.8 Å². The number of aromatic nitrogens is 1. The smallest absolute Gasteiger partial charge is 0.0931 e. The third-order valence-electron chi connectivity index (χ3n) is 3.86. The fraction of sp³-hybridized carbons (Fsp3) is 0.353. The summed E-state index contributed by atoms with van der Waals surface area (Å²) in [6, 6.07) is 10.6. The van der Waals surface area contributed by atoms with Crippen molar-refractivity contribution < 1.29 is 5.11 Å². The Hall–Kier alpha value is -1.87. The van der Waals surface area contributed by atoms with Gasteiger partial charge in [-0.2, -0.15) is 0 Å². The zero-order valence-electron chi connectivity index (χ0n) is 12.0. The second kappa shape index (κ2) is 5.25. The van der Waals surface area contributed by atoms with E-state index in [9.17, 15) is 5.11 Å². The third-order valence-corrected chi connectivity index (χ3v) is 3.86. The number of anilines is 2. The van der Waals surface area contributed by atoms with Gasteiger partial charge in [-0.15, -0.1) is 0 Å². The van der Waals surface area contributed by atoms with Crippen molar-refractivity contribution in [1.82, 2.24) is 4.98 Å². The van der Waals surface area contributed by atoms with Crippen LogP contribution in [0.4, 0.5) is 11.4 Å². The first-order valence-electron chi connectivity index (χ1n) is 7.16. The summed E-state index contributed by atoms with van der Waals surface area (Å²) in [5.41, 5.74) is 5.83. The molecule has 2 heterocycles. The normalized spacial score (nSPS) is 15.8. The Bertz CT molecular complexity index is 605. The summed E-state index contributed by atoms with van der Waals surface area (Å²) in [6.45, 7) is 4.89. The Kier molecular flexibility index (Phi) is 3.45. The quantitative estimate of drug-likeness (QED) is 0.905. The molecule has 1 unspecified atom stereocenters. The first kappa shape index (κ1) is 13.1. The molecule has 1 aliphatic heterocycles. The van der Waals surface area contributed by atoms with Gasteiger partial charge in [0, 0.05) is 12.2 Å². The number of hydrogen-bond donors (Lipinski definition) is 1. The van der Waals surface area contributed by atoms with E-state index in [4.69, 9.17) is 0 Å². The van der Waals surface area contributed by atoms with E-state index >= 15 is 0 Å². The Morgan fingerprint density at radius 1 is 1.25 bits per heavy atom. The van der Waals surface area contributed by atoms with Crippen LogP contribution in [0.1, 0.15) is 36.3 Å². The molecule has 1 aromatic heterocycles. The van der Waals surface area contributed by atoms with Crippen molar-refractivity contribution in [3.8, 4) is 0 Å². The van der Waals surface area contributed by atoms with Crippen LogP contribution in [0.2, 0.25) is 0 Å². The minimum atomic E-state index is -0.514. The number of rotatable bonds is 2. The van der Waals surface area contributed by atoms with E-state index in [2.05, 4.69) is 35.0 Å². The summed E-state index contributed by atoms with van der Waals surface area (Å²) >= 11 is 0. The van der Waals surface area contributed by atoms with Crippen molar-refractivity contribution in [2.75, 3.05) is 11.4 Å². The van der Waals surface area contributed by atoms with Gasteiger partial charge in [-0.3, -0.25) is 4.98 Å². The molecule has 0 aliphatic carbocycles. The second-order valence-corrected chi connectivity index (χ2v) is 5.50. The van der Waals surface area contributed by atoms with Crippen LogP contribution in [0, 0.1) is 6.92 Å². The van der Waals surface area contributed by atoms with Gasteiger partial charge >= 0.3 is 0 Å². The minimum absolute atomic E-state index is 0.514. The first-order chi connectivity index (χ1) is 9.65. The van der Waals surface area contributed by atoms with E-state index in [0.29, 0.717) is 0 Å². The summed E-state index contributed by atoms with van der Waals surface area (Å²) in [5, 5.41) is 9.54. The Balaban J connectivity index is 1.96. The highest BCUT2D eigenvalue weighted by Crippen LogP contribution is 2.33. The van der Waals surface area contributed by atoms with E-state index in [1.54, 1.807) is 6.92 Å². The fourth-order valence-electron chi connectivity index (χ4n) is 2.80. The SMILES string of the molecule is Cc1ccc2c(c1)CCCN2c1ccc(C(C)O)nc1. The molecule has 0 amide bonds. The highest BCUT2D eigenvalue weighted by Gasteiger charge is 2.18. The molecule has 2 aromatic rings. The number of aryl methyl sites for hydroxylation is 2. The van der Waals surface area contributed by atoms with Crippen molar-refractivity contribution in [1.29, 1.82) is 0 Å². The zero-order valence-corrected chi connectivity index (χ0v) is 12.0. The first-order valence-corrected chi connectivity index (χ1v) is 7.16. The number of hydrogen-bond acceptors (Lipinski definition) is 3. The number of aliphatic hydroxyl groups is 1. The molecular weight excluding hydrogens is 248 g/mol. The Labute approximate surface area is 119 Å². The van der Waals surface area contributed by atoms with Crippen LogP contribution >= 0.6 is 0 Å². The van der Waals surface area contributed by atoms with Crippen molar-refractivity contribution >= 4 is 11.4 Å². The highest BCUT2D eigenvalue weighted by atomic mass is 16.3. The minimum Gasteiger partial charge on any atom is -0.387 e. The number of benzene rings is 1. The number of fused-ring (bicyclic) bond motifs is 1. The van der Waals surface area contributed by atoms with E-state index in [1.807, 2.05) is 18.3 Å². The maximum absolute atomic E-state index is 9.54. The lowest BCUT2D eigenvalue weighted by Gasteiger charge is -2.31. The van der Waals surface area contributed by atoms with Crippen molar-refractivity contribution in [3.63, 3.8) is 0 Å². The van der Waals surface area contributed by atoms with Gasteiger partial charge in [-0.25, -0.2) is 0 Å². The molecule has 3 heteroatoms. The summed E-state index contributed by atoms with van der Waals surface area (Å²) in [7, 11) is 0. The molecule has 0 saturated heterocycles. The Morgan fingerprint density at radius 3 is 2.80 bits per heavy atom. The monoisotopic (exact) mass is 268 g/mol. The average molecular weight is 268 g/mol. The maximum Gasteiger partial charge on any atom is 0.0931 e. The number of pyridine rings is 1. The Morgan fingerprint density at radius 2 is 2.10 bits per heavy atom. The van der Waals surface area contributed by atoms with Crippen LogP contribution in [0.25, 0.3) is 0 Å². The predicted octanol–water partition coefficient (Wildman–Crippen LogP) is 3.53. The van der Waals surface area contributed by atoms with Gasteiger partial charge in [0.25, 0.3) is 0 Å². The van der Waals surface area contributed by atoms with Crippen LogP contribution < -0.4 is 4.90 Å². The van der Waals surface area contributed by atoms with E-state index in [-0.39, 0.29) is 0 Å². The van der Waals surface area contributed by atoms with Crippen molar-refractivity contribution in [3.05, 3.63) is 53.3 Å². The summed E-state index contributed by atoms with van der Waals surface area (Å²) in [5.74, 6) is 0. The number of nitrogens with zero attached hydrogens (tertiary/aromatic N) is 2. The molecule has 0 saturated carbocycles. The molecule has 20 heavy (non-hydrogen) atoms. The molecule has 0 bridgehead atoms. The molecule has 3 rings (SSSR count). The molecule has 1 aliphatic rings. The second-order valence-electron chi connectivity index (χ2n) is 5.50. The van der Waals surface area contributed by atoms with Crippen LogP contribution in [-0.2, 0) is 6.42 Å². The van der Waals surface area contributed by atoms with Crippen LogP contribution in [0.3, 0.4) is 0 Å². The maximum atomic E-state index is 9.54. The standard InChI is InChI=1S/C17H20N2O/c1-12-5-8-17-14(10-12)4-3-9-19(17)15-6-7-16(13(2)20)18-11-15/h5-8,10-11,13,20H,3-4,9H2,1-2H3. The van der Waals surface area contributed by atoms with Gasteiger partial charge in [-0.05, 0) is 50.5 Å². The molecule has 3 nitrogen and oxygen atoms in total. The van der Waals surface area contributed by atoms with E-state index < -0.39 is 6.10 Å². The number of aliphatic hydroxyl groups excluding tert-OH is 1. The highest BCUT2D eigenvalue weighted by molar-refractivity contribution is 5.67. The predicted molar refractivity (Wildman–Crippen MR) is 81.4 cm³/mol. The van der Waals surface area contributed by atoms with Crippen molar-refractivity contribution in [2.24, 2.45) is 0 Å². The fourth-order valence-corrected chi connectivity index (χ4v) is 2.80. The topological polar surface area (TPSA) is 36.4 Å². The molecular formula is C17H20N2O. The lowest BCUT2D eigenvalue weighted by atomic mass is 9.99. The van der Waals surface area contributed by atoms with Gasteiger partial charge in [0.15, 0.2) is 0 Å². The van der Waals surface area contributed by atoms with Gasteiger partial charge in [0.2, 0.25) is 0 Å². The molecule has 1 N–H and O–H groups in total. The summed E-state index contributed by atoms with van der Waals surface area (Å²) in [6.07, 6.45) is 3.65. The summed E-state index contributed by atoms with van der Waals surface area (Å²) < 4.78 is 0. The lowest BCUT2D eigenvalue weighted by Crippen LogP contribution is -2.24. The van der Waals surface area contributed by atoms with Gasteiger partial charge in [0.1, 0.15) is 0 Å². The van der Waals surface area contributed by atoms with Gasteiger partial charge < -0.3 is 10.0 Å². The zero-order chi connectivity index (χ0) is 14.1. The van der Waals surface area contributed by atoms with Gasteiger partial charge in [0.05, 0.1) is 23.7 Å². The molecule has 0 radical (unpaired) electrons. The van der Waals surface area contributed by atoms with E-state index in [0.717, 1.165) is 30.8 Å². The largest absolute Gasteiger partial charge is 0.387 e. The average Bonchev–Trinajstić information content (AvgIpc) is 2.46. The van der Waals surface area contributed by atoms with Crippen LogP contribution in [0.15, 0.2) is 36.5 Å². The molecule has 0 fully saturated rings. The molecule has 1 aromatic carbocycles. The molecule has 0 spiro atoms. The molecule has 1 atom stereocenters. The lowest BCUT2D eigenvalue weighted by molar-refractivity contribution is 0.194. The third kappa shape index (κ3) is 2.41. The summed E-state index contributed by atoms with van der Waals surface area (Å²) in [4.78, 5) is 6.67. The van der Waals surface area contributed by atoms with Crippen LogP contribution in [-0.4, -0.2) is 16.6 Å². The van der Waals surface area contributed by atoms with Crippen LogP contribution in [0.5, 0.6) is 0 Å². The van der Waals surface area contributed by atoms with Gasteiger partial charge in [-0.1, -0.05) is 17.7 Å². The molecule has 104 valence electrons. The van der Waals surface area contributed by atoms with Crippen molar-refractivity contribution in [2.45, 2.75) is 32.8 Å².